The molecule has 2 fully saturated rings. The molecule has 2 saturated heterocycles. The minimum absolute atomic E-state index is 0.0661. The van der Waals surface area contributed by atoms with E-state index in [0.29, 0.717) is 13.0 Å². The standard InChI is InChI=1S/C50H94O14/c1-3-5-7-9-11-13-15-16-17-18-19-20-21-22-23-25-27-29-31-33-42(52)62-39(36-59-34-32-30-28-26-24-14-12-10-8-6-4-2)37-60-49-48(58)46(56)44(54)41(64-49)38-61-50-47(57)45(55)43(53)40(35-51)63-50/h16-17,39-41,43-51,53-58H,3-15,18-38H2,1-2H3/b17-16-. The zero-order valence-electron chi connectivity index (χ0n) is 40.0. The van der Waals surface area contributed by atoms with Gasteiger partial charge in [0.05, 0.1) is 26.4 Å². The molecule has 0 aromatic heterocycles. The van der Waals surface area contributed by atoms with E-state index in [4.69, 9.17) is 28.4 Å². The Morgan fingerprint density at radius 1 is 0.500 bits per heavy atom. The Kier molecular flexibility index (Phi) is 35.6. The van der Waals surface area contributed by atoms with Gasteiger partial charge in [-0.1, -0.05) is 167 Å². The molecule has 2 aliphatic rings. The number of hydrogen-bond acceptors (Lipinski definition) is 14. The molecule has 14 nitrogen and oxygen atoms in total. The molecular weight excluding hydrogens is 825 g/mol. The SMILES string of the molecule is CCCCCCCC/C=C\CCCCCCCCCCCC(=O)OC(COCCCCCCCCCCCCC)COC1OC(COC2OC(CO)C(O)C(O)C2O)C(O)C(O)C1O. The van der Waals surface area contributed by atoms with Gasteiger partial charge < -0.3 is 64.2 Å². The zero-order valence-corrected chi connectivity index (χ0v) is 40.0. The summed E-state index contributed by atoms with van der Waals surface area (Å²) in [5.74, 6) is -0.376. The highest BCUT2D eigenvalue weighted by Gasteiger charge is 2.47. The lowest BCUT2D eigenvalue weighted by molar-refractivity contribution is -0.332. The quantitative estimate of drug-likeness (QED) is 0.0180. The van der Waals surface area contributed by atoms with Crippen molar-refractivity contribution >= 4 is 5.97 Å². The number of aliphatic hydroxyl groups excluding tert-OH is 7. The second kappa shape index (κ2) is 38.7. The number of unbranched alkanes of at least 4 members (excludes halogenated alkanes) is 25. The van der Waals surface area contributed by atoms with Crippen LogP contribution in [0, 0.1) is 0 Å². The second-order valence-electron chi connectivity index (χ2n) is 18.3. The third kappa shape index (κ3) is 26.3. The predicted octanol–water partition coefficient (Wildman–Crippen LogP) is 7.46. The molecule has 2 rings (SSSR count). The highest BCUT2D eigenvalue weighted by Crippen LogP contribution is 2.26. The van der Waals surface area contributed by atoms with Crippen molar-refractivity contribution in [3.8, 4) is 0 Å². The molecule has 0 bridgehead atoms. The van der Waals surface area contributed by atoms with Crippen molar-refractivity contribution in [2.45, 2.75) is 268 Å². The van der Waals surface area contributed by atoms with Crippen LogP contribution in [0.5, 0.6) is 0 Å². The average molecular weight is 919 g/mol. The van der Waals surface area contributed by atoms with E-state index in [1.54, 1.807) is 0 Å². The molecule has 2 aliphatic heterocycles. The average Bonchev–Trinajstić information content (AvgIpc) is 3.29. The fourth-order valence-electron chi connectivity index (χ4n) is 8.28. The summed E-state index contributed by atoms with van der Waals surface area (Å²) in [7, 11) is 0. The first-order valence-corrected chi connectivity index (χ1v) is 25.8. The number of hydrogen-bond donors (Lipinski definition) is 7. The largest absolute Gasteiger partial charge is 0.457 e. The number of aliphatic hydroxyl groups is 7. The molecule has 0 aliphatic carbocycles. The van der Waals surface area contributed by atoms with Gasteiger partial charge in [0.15, 0.2) is 12.6 Å². The zero-order chi connectivity index (χ0) is 46.6. The molecule has 64 heavy (non-hydrogen) atoms. The summed E-state index contributed by atoms with van der Waals surface area (Å²) in [5, 5.41) is 72.0. The summed E-state index contributed by atoms with van der Waals surface area (Å²) in [6.07, 6.45) is 22.7. The number of ether oxygens (including phenoxy) is 6. The molecule has 0 saturated carbocycles. The summed E-state index contributed by atoms with van der Waals surface area (Å²) in [6.45, 7) is 3.70. The van der Waals surface area contributed by atoms with E-state index in [2.05, 4.69) is 26.0 Å². The lowest BCUT2D eigenvalue weighted by atomic mass is 9.98. The van der Waals surface area contributed by atoms with Crippen LogP contribution >= 0.6 is 0 Å². The first kappa shape index (κ1) is 58.9. The van der Waals surface area contributed by atoms with Crippen LogP contribution in [0.2, 0.25) is 0 Å². The molecule has 0 aromatic rings. The van der Waals surface area contributed by atoms with Crippen LogP contribution in [0.3, 0.4) is 0 Å². The molecular formula is C50H94O14. The van der Waals surface area contributed by atoms with Gasteiger partial charge in [-0.25, -0.2) is 0 Å². The van der Waals surface area contributed by atoms with Crippen molar-refractivity contribution in [1.82, 2.24) is 0 Å². The van der Waals surface area contributed by atoms with E-state index in [9.17, 15) is 40.5 Å². The van der Waals surface area contributed by atoms with E-state index in [1.165, 1.54) is 135 Å². The Labute approximate surface area is 386 Å². The predicted molar refractivity (Wildman–Crippen MR) is 247 cm³/mol. The Balaban J connectivity index is 1.74. The van der Waals surface area contributed by atoms with E-state index >= 15 is 0 Å². The van der Waals surface area contributed by atoms with E-state index in [1.807, 2.05) is 0 Å². The number of esters is 1. The van der Waals surface area contributed by atoms with Crippen molar-refractivity contribution < 1.29 is 69.0 Å². The Bertz CT molecular complexity index is 1110. The first-order valence-electron chi connectivity index (χ1n) is 25.8. The summed E-state index contributed by atoms with van der Waals surface area (Å²) in [5.41, 5.74) is 0. The molecule has 2 heterocycles. The van der Waals surface area contributed by atoms with Gasteiger partial charge in [-0.2, -0.15) is 0 Å². The Morgan fingerprint density at radius 3 is 1.42 bits per heavy atom. The van der Waals surface area contributed by atoms with E-state index in [0.717, 1.165) is 38.5 Å². The monoisotopic (exact) mass is 919 g/mol. The van der Waals surface area contributed by atoms with Gasteiger partial charge in [0.2, 0.25) is 0 Å². The molecule has 14 heteroatoms. The topological polar surface area (TPSA) is 214 Å². The molecule has 11 unspecified atom stereocenters. The van der Waals surface area contributed by atoms with Crippen LogP contribution in [-0.4, -0.2) is 142 Å². The number of carbonyl (C=O) groups excluding carboxylic acids is 1. The minimum Gasteiger partial charge on any atom is -0.457 e. The first-order chi connectivity index (χ1) is 31.1. The number of rotatable bonds is 41. The second-order valence-corrected chi connectivity index (χ2v) is 18.3. The van der Waals surface area contributed by atoms with Crippen LogP contribution in [0.15, 0.2) is 12.2 Å². The van der Waals surface area contributed by atoms with Crippen molar-refractivity contribution in [2.75, 3.05) is 33.0 Å². The molecule has 0 amide bonds. The van der Waals surface area contributed by atoms with Crippen LogP contribution in [0.1, 0.15) is 200 Å². The van der Waals surface area contributed by atoms with Crippen LogP contribution in [0.25, 0.3) is 0 Å². The lowest BCUT2D eigenvalue weighted by Gasteiger charge is -2.42. The number of carbonyl (C=O) groups is 1. The normalized spacial score (nSPS) is 26.8. The molecule has 378 valence electrons. The summed E-state index contributed by atoms with van der Waals surface area (Å²) in [4.78, 5) is 13.0. The smallest absolute Gasteiger partial charge is 0.306 e. The Hall–Kier alpha value is -1.27. The summed E-state index contributed by atoms with van der Waals surface area (Å²) < 4.78 is 34.2. The maximum Gasteiger partial charge on any atom is 0.306 e. The maximum absolute atomic E-state index is 13.0. The minimum atomic E-state index is -1.70. The summed E-state index contributed by atoms with van der Waals surface area (Å²) in [6, 6.07) is 0. The lowest BCUT2D eigenvalue weighted by Crippen LogP contribution is -2.61. The number of allylic oxidation sites excluding steroid dienone is 2. The van der Waals surface area contributed by atoms with Gasteiger partial charge in [0.1, 0.15) is 54.9 Å². The molecule has 0 radical (unpaired) electrons. The molecule has 11 atom stereocenters. The Morgan fingerprint density at radius 2 is 0.922 bits per heavy atom. The van der Waals surface area contributed by atoms with Crippen LogP contribution in [0.4, 0.5) is 0 Å². The van der Waals surface area contributed by atoms with E-state index < -0.39 is 80.7 Å². The van der Waals surface area contributed by atoms with Crippen molar-refractivity contribution in [1.29, 1.82) is 0 Å². The maximum atomic E-state index is 13.0. The molecule has 0 aromatic carbocycles. The van der Waals surface area contributed by atoms with Crippen molar-refractivity contribution in [3.05, 3.63) is 12.2 Å². The highest BCUT2D eigenvalue weighted by molar-refractivity contribution is 5.69. The van der Waals surface area contributed by atoms with Gasteiger partial charge in [-0.05, 0) is 38.5 Å². The van der Waals surface area contributed by atoms with Crippen molar-refractivity contribution in [3.63, 3.8) is 0 Å². The molecule has 7 N–H and O–H groups in total. The third-order valence-corrected chi connectivity index (χ3v) is 12.5. The van der Waals surface area contributed by atoms with Gasteiger partial charge in [-0.3, -0.25) is 4.79 Å². The van der Waals surface area contributed by atoms with Crippen molar-refractivity contribution in [2.24, 2.45) is 0 Å². The molecule has 0 spiro atoms. The fraction of sp³-hybridized carbons (Fsp3) is 0.940. The van der Waals surface area contributed by atoms with Crippen LogP contribution in [-0.2, 0) is 33.2 Å². The van der Waals surface area contributed by atoms with Gasteiger partial charge in [0.25, 0.3) is 0 Å². The fourth-order valence-corrected chi connectivity index (χ4v) is 8.28. The van der Waals surface area contributed by atoms with Gasteiger partial charge >= 0.3 is 5.97 Å². The van der Waals surface area contributed by atoms with Crippen LogP contribution < -0.4 is 0 Å². The van der Waals surface area contributed by atoms with Gasteiger partial charge in [0, 0.05) is 13.0 Å². The van der Waals surface area contributed by atoms with Gasteiger partial charge in [-0.15, -0.1) is 0 Å². The third-order valence-electron chi connectivity index (χ3n) is 12.5. The highest BCUT2D eigenvalue weighted by atomic mass is 16.7. The summed E-state index contributed by atoms with van der Waals surface area (Å²) >= 11 is 0. The van der Waals surface area contributed by atoms with E-state index in [-0.39, 0.29) is 25.6 Å².